The van der Waals surface area contributed by atoms with Gasteiger partial charge in [0.25, 0.3) is 11.5 Å². The fourth-order valence-electron chi connectivity index (χ4n) is 2.46. The van der Waals surface area contributed by atoms with Crippen LogP contribution in [-0.2, 0) is 6.42 Å². The third kappa shape index (κ3) is 3.64. The molecule has 4 heteroatoms. The van der Waals surface area contributed by atoms with Gasteiger partial charge >= 0.3 is 0 Å². The van der Waals surface area contributed by atoms with Crippen LogP contribution in [0.25, 0.3) is 0 Å². The van der Waals surface area contributed by atoms with Crippen molar-refractivity contribution in [3.63, 3.8) is 0 Å². The Labute approximate surface area is 130 Å². The molecular formula is C18H22N2O2. The molecule has 1 heterocycles. The molecule has 0 aliphatic carbocycles. The van der Waals surface area contributed by atoms with Gasteiger partial charge in [-0.25, -0.2) is 0 Å². The van der Waals surface area contributed by atoms with Gasteiger partial charge in [0.15, 0.2) is 0 Å². The lowest BCUT2D eigenvalue weighted by atomic mass is 10.0. The lowest BCUT2D eigenvalue weighted by Crippen LogP contribution is -2.32. The Morgan fingerprint density at radius 3 is 2.59 bits per heavy atom. The molecule has 1 aromatic carbocycles. The van der Waals surface area contributed by atoms with Crippen molar-refractivity contribution in [1.29, 1.82) is 0 Å². The van der Waals surface area contributed by atoms with Crippen LogP contribution in [0.2, 0.25) is 0 Å². The first-order valence-electron chi connectivity index (χ1n) is 7.61. The number of aryl methyl sites for hydroxylation is 2. The van der Waals surface area contributed by atoms with Crippen molar-refractivity contribution >= 4 is 5.91 Å². The molecular weight excluding hydrogens is 276 g/mol. The van der Waals surface area contributed by atoms with Gasteiger partial charge in [-0.05, 0) is 37.5 Å². The van der Waals surface area contributed by atoms with Crippen LogP contribution in [0.5, 0.6) is 0 Å². The predicted octanol–water partition coefficient (Wildman–Crippen LogP) is 3.13. The van der Waals surface area contributed by atoms with Crippen LogP contribution < -0.4 is 10.9 Å². The topological polar surface area (TPSA) is 62.0 Å². The van der Waals surface area contributed by atoms with Gasteiger partial charge in [0.2, 0.25) is 0 Å². The van der Waals surface area contributed by atoms with E-state index in [1.165, 1.54) is 0 Å². The molecule has 1 amide bonds. The minimum absolute atomic E-state index is 0.149. The summed E-state index contributed by atoms with van der Waals surface area (Å²) in [6, 6.07) is 11.2. The highest BCUT2D eigenvalue weighted by atomic mass is 16.2. The number of H-pyrrole nitrogens is 1. The summed E-state index contributed by atoms with van der Waals surface area (Å²) in [4.78, 5) is 27.2. The normalized spacial score (nSPS) is 12.0. The van der Waals surface area contributed by atoms with E-state index in [0.717, 1.165) is 29.7 Å². The average Bonchev–Trinajstić information content (AvgIpc) is 2.50. The Kier molecular flexibility index (Phi) is 5.15. The second kappa shape index (κ2) is 7.07. The molecule has 0 radical (unpaired) electrons. The molecule has 2 rings (SSSR count). The van der Waals surface area contributed by atoms with Gasteiger partial charge in [0, 0.05) is 5.69 Å². The lowest BCUT2D eigenvalue weighted by molar-refractivity contribution is 0.0938. The highest BCUT2D eigenvalue weighted by Crippen LogP contribution is 2.13. The van der Waals surface area contributed by atoms with E-state index in [1.807, 2.05) is 44.2 Å². The number of pyridine rings is 1. The maximum Gasteiger partial charge on any atom is 0.261 e. The molecule has 0 saturated carbocycles. The molecule has 0 bridgehead atoms. The first-order chi connectivity index (χ1) is 10.5. The minimum Gasteiger partial charge on any atom is -0.345 e. The minimum atomic E-state index is -0.338. The molecule has 0 saturated heterocycles. The Morgan fingerprint density at radius 2 is 1.95 bits per heavy atom. The maximum atomic E-state index is 12.4. The quantitative estimate of drug-likeness (QED) is 0.891. The molecule has 2 N–H and O–H groups in total. The number of aromatic amines is 1. The largest absolute Gasteiger partial charge is 0.345 e. The molecule has 1 atom stereocenters. The Balaban J connectivity index is 2.22. The fourth-order valence-corrected chi connectivity index (χ4v) is 2.46. The van der Waals surface area contributed by atoms with Gasteiger partial charge in [-0.1, -0.05) is 43.7 Å². The molecule has 0 fully saturated rings. The van der Waals surface area contributed by atoms with Crippen LogP contribution >= 0.6 is 0 Å². The maximum absolute atomic E-state index is 12.4. The van der Waals surface area contributed by atoms with Gasteiger partial charge < -0.3 is 10.3 Å². The summed E-state index contributed by atoms with van der Waals surface area (Å²) in [5.41, 5.74) is 2.69. The molecule has 0 aliphatic rings. The summed E-state index contributed by atoms with van der Waals surface area (Å²) in [5.74, 6) is -0.338. The van der Waals surface area contributed by atoms with Crippen molar-refractivity contribution in [3.05, 3.63) is 69.1 Å². The molecule has 0 aliphatic heterocycles. The van der Waals surface area contributed by atoms with Crippen LogP contribution in [0, 0.1) is 6.92 Å². The van der Waals surface area contributed by atoms with E-state index >= 15 is 0 Å². The molecule has 4 nitrogen and oxygen atoms in total. The summed E-state index contributed by atoms with van der Waals surface area (Å²) < 4.78 is 0. The van der Waals surface area contributed by atoms with Crippen LogP contribution in [0.3, 0.4) is 0 Å². The zero-order chi connectivity index (χ0) is 16.1. The number of aromatic nitrogens is 1. The number of benzene rings is 1. The van der Waals surface area contributed by atoms with E-state index in [4.69, 9.17) is 0 Å². The summed E-state index contributed by atoms with van der Waals surface area (Å²) in [6.07, 6.45) is 1.81. The van der Waals surface area contributed by atoms with Gasteiger partial charge in [-0.15, -0.1) is 0 Å². The number of rotatable bonds is 5. The van der Waals surface area contributed by atoms with E-state index < -0.39 is 0 Å². The molecule has 2 aromatic rings. The first kappa shape index (κ1) is 16.0. The molecule has 116 valence electrons. The van der Waals surface area contributed by atoms with Crippen molar-refractivity contribution in [2.45, 2.75) is 39.7 Å². The Hall–Kier alpha value is -2.36. The third-order valence-electron chi connectivity index (χ3n) is 3.76. The fraction of sp³-hybridized carbons (Fsp3) is 0.333. The van der Waals surface area contributed by atoms with Crippen molar-refractivity contribution < 1.29 is 4.79 Å². The van der Waals surface area contributed by atoms with E-state index in [0.29, 0.717) is 0 Å². The van der Waals surface area contributed by atoms with Gasteiger partial charge in [0.05, 0.1) is 6.04 Å². The predicted molar refractivity (Wildman–Crippen MR) is 88.1 cm³/mol. The van der Waals surface area contributed by atoms with Gasteiger partial charge in [-0.3, -0.25) is 9.59 Å². The Bertz CT molecular complexity index is 705. The smallest absolute Gasteiger partial charge is 0.261 e. The average molecular weight is 298 g/mol. The van der Waals surface area contributed by atoms with E-state index in [2.05, 4.69) is 17.2 Å². The SMILES string of the molecule is CCCc1cc(C(=O)N[C@@H](C)c2ccccc2)c(=O)[nH]c1C. The summed E-state index contributed by atoms with van der Waals surface area (Å²) in [6.45, 7) is 5.84. The summed E-state index contributed by atoms with van der Waals surface area (Å²) in [5, 5.41) is 2.88. The van der Waals surface area contributed by atoms with Crippen LogP contribution in [0.15, 0.2) is 41.2 Å². The summed E-state index contributed by atoms with van der Waals surface area (Å²) >= 11 is 0. The second-order valence-electron chi connectivity index (χ2n) is 5.52. The highest BCUT2D eigenvalue weighted by molar-refractivity contribution is 5.94. The lowest BCUT2D eigenvalue weighted by Gasteiger charge is -2.15. The number of amides is 1. The number of hydrogen-bond acceptors (Lipinski definition) is 2. The molecule has 0 spiro atoms. The number of carbonyl (C=O) groups excluding carboxylic acids is 1. The van der Waals surface area contributed by atoms with E-state index in [9.17, 15) is 9.59 Å². The zero-order valence-corrected chi connectivity index (χ0v) is 13.3. The van der Waals surface area contributed by atoms with Crippen molar-refractivity contribution in [1.82, 2.24) is 10.3 Å². The number of carbonyl (C=O) groups is 1. The van der Waals surface area contributed by atoms with Crippen molar-refractivity contribution in [2.75, 3.05) is 0 Å². The third-order valence-corrected chi connectivity index (χ3v) is 3.76. The second-order valence-corrected chi connectivity index (χ2v) is 5.52. The molecule has 22 heavy (non-hydrogen) atoms. The van der Waals surface area contributed by atoms with Crippen molar-refractivity contribution in [2.24, 2.45) is 0 Å². The van der Waals surface area contributed by atoms with Gasteiger partial charge in [0.1, 0.15) is 5.56 Å². The number of nitrogens with one attached hydrogen (secondary N) is 2. The first-order valence-corrected chi connectivity index (χ1v) is 7.61. The van der Waals surface area contributed by atoms with E-state index in [-0.39, 0.29) is 23.1 Å². The molecule has 1 aromatic heterocycles. The van der Waals surface area contributed by atoms with Crippen LogP contribution in [0.4, 0.5) is 0 Å². The Morgan fingerprint density at radius 1 is 1.27 bits per heavy atom. The van der Waals surface area contributed by atoms with Crippen molar-refractivity contribution in [3.8, 4) is 0 Å². The monoisotopic (exact) mass is 298 g/mol. The van der Waals surface area contributed by atoms with E-state index in [1.54, 1.807) is 6.07 Å². The van der Waals surface area contributed by atoms with Gasteiger partial charge in [-0.2, -0.15) is 0 Å². The summed E-state index contributed by atoms with van der Waals surface area (Å²) in [7, 11) is 0. The molecule has 0 unspecified atom stereocenters. The standard InChI is InChI=1S/C18H22N2O2/c1-4-8-15-11-16(18(22)20-13(15)3)17(21)19-12(2)14-9-6-5-7-10-14/h5-7,9-12H,4,8H2,1-3H3,(H,19,21)(H,20,22)/t12-/m0/s1. The van der Waals surface area contributed by atoms with Crippen LogP contribution in [-0.4, -0.2) is 10.9 Å². The highest BCUT2D eigenvalue weighted by Gasteiger charge is 2.16. The van der Waals surface area contributed by atoms with Crippen LogP contribution in [0.1, 0.15) is 53.5 Å². The zero-order valence-electron chi connectivity index (χ0n) is 13.3. The number of hydrogen-bond donors (Lipinski definition) is 2.